The molecule has 6 heteroatoms. The number of benzene rings is 3. The number of anilines is 3. The second-order valence-corrected chi connectivity index (χ2v) is 9.17. The molecule has 0 amide bonds. The number of aromatic nitrogens is 1. The largest absolute Gasteiger partial charge is 0.367 e. The summed E-state index contributed by atoms with van der Waals surface area (Å²) in [5.41, 5.74) is 5.68. The number of nitrogens with zero attached hydrogens (tertiary/aromatic N) is 2. The van der Waals surface area contributed by atoms with E-state index in [0.717, 1.165) is 55.6 Å². The van der Waals surface area contributed by atoms with Gasteiger partial charge in [0, 0.05) is 49.7 Å². The lowest BCUT2D eigenvalue weighted by molar-refractivity contribution is 0.530. The van der Waals surface area contributed by atoms with Gasteiger partial charge in [0.1, 0.15) is 5.82 Å². The Morgan fingerprint density at radius 3 is 2.26 bits per heavy atom. The standard InChI is InChI=1S/C28H27FN4O/c29-25-17-22(8-9-26(25)32-13-11-30-12-14-32)31-23-7-5-19-6-10-28(34)33(27(19)18-23)24-15-20-3-1-2-4-21(20)16-24/h1-10,17-18,24,30-31H,11-16H2. The van der Waals surface area contributed by atoms with Crippen molar-refractivity contribution in [1.82, 2.24) is 9.88 Å². The molecule has 0 radical (unpaired) electrons. The lowest BCUT2D eigenvalue weighted by Crippen LogP contribution is -2.43. The normalized spacial score (nSPS) is 16.1. The molecule has 0 spiro atoms. The molecular formula is C28H27FN4O. The molecule has 1 aliphatic carbocycles. The fourth-order valence-corrected chi connectivity index (χ4v) is 5.34. The first kappa shape index (κ1) is 20.9. The van der Waals surface area contributed by atoms with Crippen LogP contribution in [-0.4, -0.2) is 30.7 Å². The Hall–Kier alpha value is -3.64. The molecule has 172 valence electrons. The molecule has 2 aliphatic rings. The summed E-state index contributed by atoms with van der Waals surface area (Å²) in [6, 6.07) is 23.3. The van der Waals surface area contributed by atoms with E-state index >= 15 is 0 Å². The van der Waals surface area contributed by atoms with Crippen molar-refractivity contribution in [3.8, 4) is 0 Å². The molecule has 2 N–H and O–H groups in total. The van der Waals surface area contributed by atoms with Crippen molar-refractivity contribution < 1.29 is 4.39 Å². The lowest BCUT2D eigenvalue weighted by atomic mass is 10.1. The Labute approximate surface area is 197 Å². The molecular weight excluding hydrogens is 427 g/mol. The summed E-state index contributed by atoms with van der Waals surface area (Å²) in [6.45, 7) is 3.34. The predicted molar refractivity (Wildman–Crippen MR) is 136 cm³/mol. The summed E-state index contributed by atoms with van der Waals surface area (Å²) in [7, 11) is 0. The minimum atomic E-state index is -0.228. The number of hydrogen-bond acceptors (Lipinski definition) is 4. The molecule has 2 heterocycles. The average molecular weight is 455 g/mol. The molecule has 1 aromatic heterocycles. The van der Waals surface area contributed by atoms with Crippen LogP contribution >= 0.6 is 0 Å². The van der Waals surface area contributed by atoms with Crippen LogP contribution in [0.25, 0.3) is 10.9 Å². The molecule has 0 saturated carbocycles. The molecule has 34 heavy (non-hydrogen) atoms. The van der Waals surface area contributed by atoms with Gasteiger partial charge < -0.3 is 20.1 Å². The lowest BCUT2D eigenvalue weighted by Gasteiger charge is -2.29. The first-order valence-corrected chi connectivity index (χ1v) is 11.9. The van der Waals surface area contributed by atoms with E-state index < -0.39 is 0 Å². The van der Waals surface area contributed by atoms with Crippen LogP contribution in [0.1, 0.15) is 17.2 Å². The Kier molecular flexibility index (Phi) is 5.30. The van der Waals surface area contributed by atoms with Crippen LogP contribution in [0.15, 0.2) is 77.6 Å². The van der Waals surface area contributed by atoms with E-state index in [1.807, 2.05) is 41.0 Å². The third kappa shape index (κ3) is 3.84. The second kappa shape index (κ2) is 8.61. The molecule has 3 aromatic carbocycles. The number of pyridine rings is 1. The second-order valence-electron chi connectivity index (χ2n) is 9.17. The van der Waals surface area contributed by atoms with Gasteiger partial charge in [0.05, 0.1) is 11.2 Å². The van der Waals surface area contributed by atoms with Crippen LogP contribution in [-0.2, 0) is 12.8 Å². The highest BCUT2D eigenvalue weighted by Crippen LogP contribution is 2.32. The van der Waals surface area contributed by atoms with Crippen LogP contribution in [0.4, 0.5) is 21.5 Å². The summed E-state index contributed by atoms with van der Waals surface area (Å²) in [4.78, 5) is 15.0. The maximum absolute atomic E-state index is 14.9. The highest BCUT2D eigenvalue weighted by atomic mass is 19.1. The molecule has 6 rings (SSSR count). The average Bonchev–Trinajstić information content (AvgIpc) is 3.28. The highest BCUT2D eigenvalue weighted by Gasteiger charge is 2.24. The maximum atomic E-state index is 14.9. The highest BCUT2D eigenvalue weighted by molar-refractivity contribution is 5.84. The van der Waals surface area contributed by atoms with Gasteiger partial charge in [-0.15, -0.1) is 0 Å². The number of fused-ring (bicyclic) bond motifs is 2. The van der Waals surface area contributed by atoms with Crippen molar-refractivity contribution in [1.29, 1.82) is 0 Å². The van der Waals surface area contributed by atoms with Gasteiger partial charge in [-0.05, 0) is 65.8 Å². The van der Waals surface area contributed by atoms with Crippen LogP contribution in [0.5, 0.6) is 0 Å². The van der Waals surface area contributed by atoms with Gasteiger partial charge in [0.25, 0.3) is 5.56 Å². The SMILES string of the molecule is O=c1ccc2ccc(Nc3ccc(N4CCNCC4)c(F)c3)cc2n1C1Cc2ccccc2C1. The number of piperazine rings is 1. The van der Waals surface area contributed by atoms with Gasteiger partial charge >= 0.3 is 0 Å². The number of nitrogens with one attached hydrogen (secondary N) is 2. The van der Waals surface area contributed by atoms with Crippen molar-refractivity contribution in [3.63, 3.8) is 0 Å². The van der Waals surface area contributed by atoms with E-state index in [2.05, 4.69) is 39.8 Å². The quantitative estimate of drug-likeness (QED) is 0.472. The zero-order valence-corrected chi connectivity index (χ0v) is 18.9. The summed E-state index contributed by atoms with van der Waals surface area (Å²) >= 11 is 0. The van der Waals surface area contributed by atoms with Gasteiger partial charge in [0.2, 0.25) is 0 Å². The summed E-state index contributed by atoms with van der Waals surface area (Å²) in [6.07, 6.45) is 1.71. The van der Waals surface area contributed by atoms with Gasteiger partial charge in [-0.1, -0.05) is 30.3 Å². The minimum absolute atomic E-state index is 0.00822. The Morgan fingerprint density at radius 1 is 0.853 bits per heavy atom. The van der Waals surface area contributed by atoms with E-state index in [1.54, 1.807) is 12.1 Å². The van der Waals surface area contributed by atoms with Crippen LogP contribution in [0.2, 0.25) is 0 Å². The van der Waals surface area contributed by atoms with Crippen LogP contribution in [0.3, 0.4) is 0 Å². The van der Waals surface area contributed by atoms with E-state index in [1.165, 1.54) is 11.1 Å². The topological polar surface area (TPSA) is 49.3 Å². The first-order valence-electron chi connectivity index (χ1n) is 11.9. The van der Waals surface area contributed by atoms with Gasteiger partial charge in [-0.3, -0.25) is 4.79 Å². The van der Waals surface area contributed by atoms with Crippen molar-refractivity contribution >= 4 is 28.0 Å². The van der Waals surface area contributed by atoms with E-state index in [0.29, 0.717) is 11.4 Å². The zero-order valence-electron chi connectivity index (χ0n) is 18.9. The molecule has 1 aliphatic heterocycles. The summed E-state index contributed by atoms with van der Waals surface area (Å²) in [5.74, 6) is -0.228. The summed E-state index contributed by atoms with van der Waals surface area (Å²) < 4.78 is 16.8. The Morgan fingerprint density at radius 2 is 1.53 bits per heavy atom. The number of rotatable bonds is 4. The Bertz CT molecular complexity index is 1400. The van der Waals surface area contributed by atoms with Crippen molar-refractivity contribution in [3.05, 3.63) is 100 Å². The molecule has 0 atom stereocenters. The minimum Gasteiger partial charge on any atom is -0.367 e. The molecule has 1 saturated heterocycles. The molecule has 5 nitrogen and oxygen atoms in total. The first-order chi connectivity index (χ1) is 16.7. The third-order valence-corrected chi connectivity index (χ3v) is 7.02. The number of halogens is 1. The van der Waals surface area contributed by atoms with E-state index in [-0.39, 0.29) is 17.4 Å². The summed E-state index contributed by atoms with van der Waals surface area (Å²) in [5, 5.41) is 7.65. The smallest absolute Gasteiger partial charge is 0.251 e. The van der Waals surface area contributed by atoms with Crippen molar-refractivity contribution in [2.24, 2.45) is 0 Å². The molecule has 0 bridgehead atoms. The van der Waals surface area contributed by atoms with Gasteiger partial charge in [-0.25, -0.2) is 4.39 Å². The van der Waals surface area contributed by atoms with Crippen LogP contribution in [0, 0.1) is 5.82 Å². The van der Waals surface area contributed by atoms with Crippen molar-refractivity contribution in [2.75, 3.05) is 36.4 Å². The molecule has 0 unspecified atom stereocenters. The fraction of sp³-hybridized carbons (Fsp3) is 0.250. The monoisotopic (exact) mass is 454 g/mol. The van der Waals surface area contributed by atoms with E-state index in [9.17, 15) is 9.18 Å². The maximum Gasteiger partial charge on any atom is 0.251 e. The molecule has 4 aromatic rings. The van der Waals surface area contributed by atoms with E-state index in [4.69, 9.17) is 0 Å². The zero-order chi connectivity index (χ0) is 23.1. The van der Waals surface area contributed by atoms with Crippen molar-refractivity contribution in [2.45, 2.75) is 18.9 Å². The third-order valence-electron chi connectivity index (χ3n) is 7.02. The van der Waals surface area contributed by atoms with Crippen LogP contribution < -0.4 is 21.1 Å². The fourth-order valence-electron chi connectivity index (χ4n) is 5.34. The number of hydrogen-bond donors (Lipinski definition) is 2. The predicted octanol–water partition coefficient (Wildman–Crippen LogP) is 4.63. The Balaban J connectivity index is 1.31. The van der Waals surface area contributed by atoms with Gasteiger partial charge in [-0.2, -0.15) is 0 Å². The molecule has 1 fully saturated rings. The van der Waals surface area contributed by atoms with Gasteiger partial charge in [0.15, 0.2) is 0 Å².